The van der Waals surface area contributed by atoms with Crippen LogP contribution in [0.15, 0.2) is 41.0 Å². The standard InChI is InChI=1S/C15H12BrN3O2S/c1-21-10-4-2-9(3-5-10)19-14(20)13-12(17)11-6-8(16)7-18-15(11)22-13/h2-7H,17H2,1H3,(H,19,20). The minimum Gasteiger partial charge on any atom is -0.497 e. The molecule has 0 radical (unpaired) electrons. The van der Waals surface area contributed by atoms with E-state index < -0.39 is 0 Å². The number of aromatic nitrogens is 1. The average Bonchev–Trinajstić information content (AvgIpc) is 2.85. The van der Waals surface area contributed by atoms with Crippen molar-refractivity contribution in [3.63, 3.8) is 0 Å². The van der Waals surface area contributed by atoms with Crippen molar-refractivity contribution in [3.05, 3.63) is 45.9 Å². The summed E-state index contributed by atoms with van der Waals surface area (Å²) in [6.07, 6.45) is 1.68. The lowest BCUT2D eigenvalue weighted by atomic mass is 10.2. The number of rotatable bonds is 3. The molecule has 0 bridgehead atoms. The van der Waals surface area contributed by atoms with Crippen molar-refractivity contribution in [2.24, 2.45) is 0 Å². The molecule has 7 heteroatoms. The largest absolute Gasteiger partial charge is 0.497 e. The van der Waals surface area contributed by atoms with Gasteiger partial charge in [-0.3, -0.25) is 4.79 Å². The van der Waals surface area contributed by atoms with Crippen LogP contribution in [0.4, 0.5) is 11.4 Å². The summed E-state index contributed by atoms with van der Waals surface area (Å²) in [5.74, 6) is 0.482. The monoisotopic (exact) mass is 377 g/mol. The van der Waals surface area contributed by atoms with Gasteiger partial charge >= 0.3 is 0 Å². The Labute approximate surface area is 139 Å². The number of ether oxygens (including phenoxy) is 1. The van der Waals surface area contributed by atoms with E-state index in [1.54, 1.807) is 37.6 Å². The summed E-state index contributed by atoms with van der Waals surface area (Å²) in [5, 5.41) is 3.60. The molecule has 112 valence electrons. The quantitative estimate of drug-likeness (QED) is 0.725. The first-order chi connectivity index (χ1) is 10.6. The van der Waals surface area contributed by atoms with Gasteiger partial charge in [-0.05, 0) is 46.3 Å². The second-order valence-electron chi connectivity index (χ2n) is 4.53. The van der Waals surface area contributed by atoms with Crippen LogP contribution in [0.3, 0.4) is 0 Å². The summed E-state index contributed by atoms with van der Waals surface area (Å²) in [6.45, 7) is 0. The number of methoxy groups -OCH3 is 1. The third kappa shape index (κ3) is 2.77. The molecular formula is C15H12BrN3O2S. The first-order valence-electron chi connectivity index (χ1n) is 6.37. The fraction of sp³-hybridized carbons (Fsp3) is 0.0667. The van der Waals surface area contributed by atoms with Crippen LogP contribution in [-0.2, 0) is 0 Å². The smallest absolute Gasteiger partial charge is 0.267 e. The third-order valence-corrected chi connectivity index (χ3v) is 4.67. The maximum absolute atomic E-state index is 12.4. The molecular weight excluding hydrogens is 366 g/mol. The molecule has 0 saturated heterocycles. The molecule has 22 heavy (non-hydrogen) atoms. The summed E-state index contributed by atoms with van der Waals surface area (Å²) in [4.78, 5) is 17.9. The molecule has 0 aliphatic heterocycles. The van der Waals surface area contributed by atoms with E-state index in [0.29, 0.717) is 16.3 Å². The van der Waals surface area contributed by atoms with Gasteiger partial charge in [0.2, 0.25) is 0 Å². The van der Waals surface area contributed by atoms with Crippen molar-refractivity contribution < 1.29 is 9.53 Å². The highest BCUT2D eigenvalue weighted by molar-refractivity contribution is 9.10. The van der Waals surface area contributed by atoms with Crippen LogP contribution in [0.2, 0.25) is 0 Å². The number of amides is 1. The van der Waals surface area contributed by atoms with Crippen LogP contribution in [0.25, 0.3) is 10.2 Å². The Balaban J connectivity index is 1.89. The Morgan fingerprint density at radius 2 is 2.09 bits per heavy atom. The highest BCUT2D eigenvalue weighted by atomic mass is 79.9. The molecule has 0 spiro atoms. The predicted molar refractivity (Wildman–Crippen MR) is 92.7 cm³/mol. The van der Waals surface area contributed by atoms with Crippen LogP contribution in [0, 0.1) is 0 Å². The van der Waals surface area contributed by atoms with Crippen molar-refractivity contribution >= 4 is 54.8 Å². The minimum absolute atomic E-state index is 0.248. The zero-order valence-corrected chi connectivity index (χ0v) is 14.0. The number of carbonyl (C=O) groups excluding carboxylic acids is 1. The van der Waals surface area contributed by atoms with Gasteiger partial charge in [0.25, 0.3) is 5.91 Å². The molecule has 3 N–H and O–H groups in total. The van der Waals surface area contributed by atoms with Gasteiger partial charge < -0.3 is 15.8 Å². The maximum Gasteiger partial charge on any atom is 0.267 e. The van der Waals surface area contributed by atoms with E-state index in [4.69, 9.17) is 10.5 Å². The van der Waals surface area contributed by atoms with Gasteiger partial charge in [0.05, 0.1) is 12.8 Å². The van der Waals surface area contributed by atoms with Gasteiger partial charge in [-0.25, -0.2) is 4.98 Å². The number of pyridine rings is 1. The number of hydrogen-bond donors (Lipinski definition) is 2. The Morgan fingerprint density at radius 1 is 1.36 bits per heavy atom. The fourth-order valence-corrected chi connectivity index (χ4v) is 3.28. The molecule has 2 heterocycles. The molecule has 0 fully saturated rings. The van der Waals surface area contributed by atoms with E-state index >= 15 is 0 Å². The Morgan fingerprint density at radius 3 is 2.77 bits per heavy atom. The average molecular weight is 378 g/mol. The zero-order chi connectivity index (χ0) is 15.7. The minimum atomic E-state index is -0.248. The molecule has 0 aliphatic carbocycles. The van der Waals surface area contributed by atoms with Crippen molar-refractivity contribution in [1.29, 1.82) is 0 Å². The second-order valence-corrected chi connectivity index (χ2v) is 6.45. The topological polar surface area (TPSA) is 77.2 Å². The lowest BCUT2D eigenvalue weighted by Gasteiger charge is -2.05. The molecule has 5 nitrogen and oxygen atoms in total. The van der Waals surface area contributed by atoms with E-state index in [1.807, 2.05) is 6.07 Å². The summed E-state index contributed by atoms with van der Waals surface area (Å²) < 4.78 is 5.91. The number of carbonyl (C=O) groups is 1. The van der Waals surface area contributed by atoms with Crippen molar-refractivity contribution in [2.45, 2.75) is 0 Å². The fourth-order valence-electron chi connectivity index (χ4n) is 2.01. The van der Waals surface area contributed by atoms with Crippen LogP contribution in [0.1, 0.15) is 9.67 Å². The Hall–Kier alpha value is -2.12. The molecule has 3 rings (SSSR count). The first kappa shape index (κ1) is 14.8. The predicted octanol–water partition coefficient (Wildman–Crippen LogP) is 3.90. The van der Waals surface area contributed by atoms with E-state index in [9.17, 15) is 4.79 Å². The zero-order valence-electron chi connectivity index (χ0n) is 11.6. The molecule has 0 atom stereocenters. The normalized spacial score (nSPS) is 10.6. The number of nitrogen functional groups attached to an aromatic ring is 1. The van der Waals surface area contributed by atoms with Crippen molar-refractivity contribution in [1.82, 2.24) is 4.98 Å². The van der Waals surface area contributed by atoms with E-state index in [2.05, 4.69) is 26.2 Å². The van der Waals surface area contributed by atoms with Crippen molar-refractivity contribution in [3.8, 4) is 5.75 Å². The van der Waals surface area contributed by atoms with Gasteiger partial charge in [-0.15, -0.1) is 11.3 Å². The number of nitrogens with two attached hydrogens (primary N) is 1. The Bertz CT molecular complexity index is 846. The highest BCUT2D eigenvalue weighted by Gasteiger charge is 2.17. The summed E-state index contributed by atoms with van der Waals surface area (Å²) >= 11 is 4.63. The SMILES string of the molecule is COc1ccc(NC(=O)c2sc3ncc(Br)cc3c2N)cc1. The number of fused-ring (bicyclic) bond motifs is 1. The Kier molecular flexibility index (Phi) is 4.00. The number of benzene rings is 1. The van der Waals surface area contributed by atoms with Crippen LogP contribution in [0.5, 0.6) is 5.75 Å². The summed E-state index contributed by atoms with van der Waals surface area (Å²) in [5.41, 5.74) is 7.20. The van der Waals surface area contributed by atoms with E-state index in [0.717, 1.165) is 20.4 Å². The van der Waals surface area contributed by atoms with Gasteiger partial charge in [0.15, 0.2) is 0 Å². The van der Waals surface area contributed by atoms with Crippen molar-refractivity contribution in [2.75, 3.05) is 18.2 Å². The van der Waals surface area contributed by atoms with Gasteiger partial charge in [0, 0.05) is 21.7 Å². The van der Waals surface area contributed by atoms with Gasteiger partial charge in [-0.1, -0.05) is 0 Å². The molecule has 1 aromatic carbocycles. The number of thiophene rings is 1. The second kappa shape index (κ2) is 5.94. The molecule has 2 aromatic heterocycles. The molecule has 0 saturated carbocycles. The number of nitrogens with one attached hydrogen (secondary N) is 1. The molecule has 0 aliphatic rings. The number of halogens is 1. The van der Waals surface area contributed by atoms with Crippen LogP contribution in [-0.4, -0.2) is 18.0 Å². The lowest BCUT2D eigenvalue weighted by Crippen LogP contribution is -2.11. The lowest BCUT2D eigenvalue weighted by molar-refractivity contribution is 0.103. The summed E-state index contributed by atoms with van der Waals surface area (Å²) in [6, 6.07) is 8.97. The molecule has 0 unspecified atom stereocenters. The number of hydrogen-bond acceptors (Lipinski definition) is 5. The molecule has 1 amide bonds. The maximum atomic E-state index is 12.4. The van der Waals surface area contributed by atoms with Crippen LogP contribution >= 0.6 is 27.3 Å². The third-order valence-electron chi connectivity index (χ3n) is 3.11. The van der Waals surface area contributed by atoms with E-state index in [1.165, 1.54) is 11.3 Å². The van der Waals surface area contributed by atoms with Gasteiger partial charge in [-0.2, -0.15) is 0 Å². The highest BCUT2D eigenvalue weighted by Crippen LogP contribution is 2.34. The molecule has 3 aromatic rings. The number of nitrogens with zero attached hydrogens (tertiary/aromatic N) is 1. The first-order valence-corrected chi connectivity index (χ1v) is 7.98. The summed E-state index contributed by atoms with van der Waals surface area (Å²) in [7, 11) is 1.59. The van der Waals surface area contributed by atoms with Gasteiger partial charge in [0.1, 0.15) is 15.5 Å². The van der Waals surface area contributed by atoms with Crippen LogP contribution < -0.4 is 15.8 Å². The van der Waals surface area contributed by atoms with E-state index in [-0.39, 0.29) is 5.91 Å². The number of anilines is 2.